The van der Waals surface area contributed by atoms with E-state index in [9.17, 15) is 13.2 Å². The van der Waals surface area contributed by atoms with Gasteiger partial charge in [-0.05, 0) is 98.5 Å². The van der Waals surface area contributed by atoms with Gasteiger partial charge in [-0.1, -0.05) is 16.7 Å². The number of nitrogens with one attached hydrogen (secondary N) is 1. The van der Waals surface area contributed by atoms with Crippen molar-refractivity contribution in [2.45, 2.75) is 50.7 Å². The van der Waals surface area contributed by atoms with Crippen LogP contribution in [0.2, 0.25) is 5.02 Å². The Morgan fingerprint density at radius 3 is 2.46 bits per heavy atom. The highest BCUT2D eigenvalue weighted by atomic mass is 35.5. The third-order valence-corrected chi connectivity index (χ3v) is 7.14. The number of nitrogens with zero attached hydrogens (tertiary/aromatic N) is 3. The van der Waals surface area contributed by atoms with Crippen molar-refractivity contribution in [3.8, 4) is 11.5 Å². The molecule has 9 heteroatoms. The predicted molar refractivity (Wildman–Crippen MR) is 129 cm³/mol. The van der Waals surface area contributed by atoms with Crippen LogP contribution in [0.25, 0.3) is 22.4 Å². The Bertz CT molecular complexity index is 1310. The zero-order valence-electron chi connectivity index (χ0n) is 19.0. The van der Waals surface area contributed by atoms with E-state index in [2.05, 4.69) is 27.4 Å². The van der Waals surface area contributed by atoms with E-state index in [0.29, 0.717) is 33.7 Å². The second-order valence-corrected chi connectivity index (χ2v) is 9.53. The van der Waals surface area contributed by atoms with Crippen molar-refractivity contribution in [2.24, 2.45) is 5.92 Å². The summed E-state index contributed by atoms with van der Waals surface area (Å²) in [6, 6.07) is 13.3. The van der Waals surface area contributed by atoms with E-state index in [0.717, 1.165) is 42.9 Å². The van der Waals surface area contributed by atoms with Crippen molar-refractivity contribution in [3.05, 3.63) is 70.9 Å². The van der Waals surface area contributed by atoms with Crippen LogP contribution in [0.5, 0.6) is 0 Å². The Labute approximate surface area is 205 Å². The highest BCUT2D eigenvalue weighted by molar-refractivity contribution is 6.30. The maximum atomic E-state index is 13.3. The molecule has 0 spiro atoms. The van der Waals surface area contributed by atoms with Gasteiger partial charge in [0.25, 0.3) is 0 Å². The Morgan fingerprint density at radius 2 is 1.74 bits per heavy atom. The molecule has 1 aliphatic rings. The molecule has 0 bridgehead atoms. The van der Waals surface area contributed by atoms with Crippen molar-refractivity contribution in [2.75, 3.05) is 5.32 Å². The topological polar surface area (TPSA) is 63.8 Å². The molecule has 1 atom stereocenters. The van der Waals surface area contributed by atoms with Crippen LogP contribution in [0.1, 0.15) is 49.7 Å². The highest BCUT2D eigenvalue weighted by Gasteiger charge is 2.32. The van der Waals surface area contributed by atoms with Crippen LogP contribution in [-0.4, -0.2) is 21.2 Å². The molecular formula is C26H24ClF3N4O. The second-order valence-electron chi connectivity index (χ2n) is 9.09. The summed E-state index contributed by atoms with van der Waals surface area (Å²) in [6.07, 6.45) is 0.995. The summed E-state index contributed by atoms with van der Waals surface area (Å²) in [5.74, 6) is 1.01. The summed E-state index contributed by atoms with van der Waals surface area (Å²) in [5, 5.41) is 12.8. The van der Waals surface area contributed by atoms with Crippen LogP contribution in [0.3, 0.4) is 0 Å². The van der Waals surface area contributed by atoms with Gasteiger partial charge >= 0.3 is 12.2 Å². The van der Waals surface area contributed by atoms with Crippen LogP contribution in [0.4, 0.5) is 19.2 Å². The first-order valence-electron chi connectivity index (χ1n) is 11.6. The number of fused-ring (bicyclic) bond motifs is 1. The summed E-state index contributed by atoms with van der Waals surface area (Å²) in [7, 11) is 0. The van der Waals surface area contributed by atoms with Crippen molar-refractivity contribution < 1.29 is 17.6 Å². The first-order valence-corrected chi connectivity index (χ1v) is 12.0. The fourth-order valence-corrected chi connectivity index (χ4v) is 5.06. The summed E-state index contributed by atoms with van der Waals surface area (Å²) in [5.41, 5.74) is 1.70. The molecule has 0 amide bonds. The molecular weight excluding hydrogens is 477 g/mol. The first-order chi connectivity index (χ1) is 16.8. The Balaban J connectivity index is 1.24. The molecule has 4 aromatic rings. The molecule has 0 aliphatic heterocycles. The average Bonchev–Trinajstić information content (AvgIpc) is 3.31. The molecule has 1 N–H and O–H groups in total. The average molecular weight is 501 g/mol. The number of halogens is 4. The summed E-state index contributed by atoms with van der Waals surface area (Å²) < 4.78 is 45.6. The van der Waals surface area contributed by atoms with Crippen molar-refractivity contribution >= 4 is 28.5 Å². The van der Waals surface area contributed by atoms with E-state index in [4.69, 9.17) is 16.0 Å². The Morgan fingerprint density at radius 1 is 1.00 bits per heavy atom. The fraction of sp³-hybridized carbons (Fsp3) is 0.346. The minimum Gasteiger partial charge on any atom is -0.403 e. The summed E-state index contributed by atoms with van der Waals surface area (Å²) in [4.78, 5) is 4.27. The van der Waals surface area contributed by atoms with Crippen molar-refractivity contribution in [3.63, 3.8) is 0 Å². The number of hydrogen-bond acceptors (Lipinski definition) is 5. The Kier molecular flexibility index (Phi) is 6.40. The molecule has 0 saturated heterocycles. The number of aromatic nitrogens is 3. The van der Waals surface area contributed by atoms with Crippen molar-refractivity contribution in [1.29, 1.82) is 0 Å². The largest absolute Gasteiger partial charge is 0.416 e. The van der Waals surface area contributed by atoms with E-state index < -0.39 is 11.7 Å². The number of benzene rings is 2. The molecule has 182 valence electrons. The fourth-order valence-electron chi connectivity index (χ4n) is 4.93. The predicted octanol–water partition coefficient (Wildman–Crippen LogP) is 7.73. The molecule has 2 aromatic heterocycles. The van der Waals surface area contributed by atoms with E-state index >= 15 is 0 Å². The number of anilines is 1. The van der Waals surface area contributed by atoms with Crippen LogP contribution in [0.15, 0.2) is 59.1 Å². The van der Waals surface area contributed by atoms with E-state index in [1.54, 1.807) is 18.3 Å². The Hall–Kier alpha value is -3.13. The van der Waals surface area contributed by atoms with Crippen LogP contribution in [0, 0.1) is 5.92 Å². The summed E-state index contributed by atoms with van der Waals surface area (Å²) >= 11 is 5.93. The van der Waals surface area contributed by atoms with Gasteiger partial charge in [0.1, 0.15) is 0 Å². The van der Waals surface area contributed by atoms with Crippen molar-refractivity contribution in [1.82, 2.24) is 15.2 Å². The van der Waals surface area contributed by atoms with E-state index in [1.165, 1.54) is 12.1 Å². The van der Waals surface area contributed by atoms with Gasteiger partial charge in [-0.25, -0.2) is 0 Å². The maximum absolute atomic E-state index is 13.3. The number of pyridine rings is 1. The lowest BCUT2D eigenvalue weighted by Gasteiger charge is -2.33. The molecule has 1 aliphatic carbocycles. The van der Waals surface area contributed by atoms with E-state index in [-0.39, 0.29) is 12.0 Å². The van der Waals surface area contributed by atoms with Gasteiger partial charge in [-0.2, -0.15) is 13.2 Å². The van der Waals surface area contributed by atoms with Crippen LogP contribution >= 0.6 is 11.6 Å². The third-order valence-electron chi connectivity index (χ3n) is 6.89. The van der Waals surface area contributed by atoms with Gasteiger partial charge in [0, 0.05) is 28.2 Å². The molecule has 5 nitrogen and oxygen atoms in total. The molecule has 2 aromatic carbocycles. The molecule has 0 radical (unpaired) electrons. The maximum Gasteiger partial charge on any atom is 0.416 e. The molecule has 5 rings (SSSR count). The number of hydrogen-bond donors (Lipinski definition) is 1. The SMILES string of the molecule is CC(Nc1nnc(-c2ccc(Cl)cc2)o1)C1CCC(c2ccnc3ccc(C(F)(F)F)cc23)CC1. The minimum atomic E-state index is -4.37. The molecule has 1 fully saturated rings. The van der Waals surface area contributed by atoms with Gasteiger partial charge < -0.3 is 9.73 Å². The monoisotopic (exact) mass is 500 g/mol. The smallest absolute Gasteiger partial charge is 0.403 e. The number of alkyl halides is 3. The lowest BCUT2D eigenvalue weighted by molar-refractivity contribution is -0.137. The standard InChI is InChI=1S/C26H24ClF3N4O/c1-15(32-25-34-33-24(35-25)18-6-9-20(27)10-7-18)16-2-4-17(5-3-16)21-12-13-31-23-11-8-19(14-22(21)23)26(28,29)30/h6-17H,2-5H2,1H3,(H,32,34). The second kappa shape index (κ2) is 9.49. The lowest BCUT2D eigenvalue weighted by atomic mass is 9.75. The minimum absolute atomic E-state index is 0.112. The highest BCUT2D eigenvalue weighted by Crippen LogP contribution is 2.41. The van der Waals surface area contributed by atoms with Gasteiger partial charge in [0.15, 0.2) is 0 Å². The van der Waals surface area contributed by atoms with Crippen LogP contribution < -0.4 is 5.32 Å². The summed E-state index contributed by atoms with van der Waals surface area (Å²) in [6.45, 7) is 2.09. The quantitative estimate of drug-likeness (QED) is 0.304. The molecule has 2 heterocycles. The van der Waals surface area contributed by atoms with Gasteiger partial charge in [0.05, 0.1) is 11.1 Å². The molecule has 1 unspecified atom stereocenters. The molecule has 1 saturated carbocycles. The molecule has 35 heavy (non-hydrogen) atoms. The van der Waals surface area contributed by atoms with Crippen LogP contribution in [-0.2, 0) is 6.18 Å². The number of rotatable bonds is 5. The first kappa shape index (κ1) is 23.6. The van der Waals surface area contributed by atoms with Gasteiger partial charge in [-0.3, -0.25) is 4.98 Å². The van der Waals surface area contributed by atoms with Gasteiger partial charge in [0.2, 0.25) is 5.89 Å². The third kappa shape index (κ3) is 5.12. The lowest BCUT2D eigenvalue weighted by Crippen LogP contribution is -2.29. The zero-order chi connectivity index (χ0) is 24.6. The normalized spacial score (nSPS) is 19.6. The van der Waals surface area contributed by atoms with Gasteiger partial charge in [-0.15, -0.1) is 5.10 Å². The van der Waals surface area contributed by atoms with E-state index in [1.807, 2.05) is 18.2 Å². The zero-order valence-corrected chi connectivity index (χ0v) is 19.8.